The number of esters is 1. The molecule has 1 aromatic carbocycles. The topological polar surface area (TPSA) is 121 Å². The summed E-state index contributed by atoms with van der Waals surface area (Å²) in [4.78, 5) is 31.6. The van der Waals surface area contributed by atoms with Crippen molar-refractivity contribution < 1.29 is 23.4 Å². The van der Waals surface area contributed by atoms with Gasteiger partial charge in [-0.15, -0.1) is 0 Å². The molecular formula is C27H39N6O5P. The third-order valence-corrected chi connectivity index (χ3v) is 8.07. The second-order valence-corrected chi connectivity index (χ2v) is 12.7. The number of aryl methyl sites for hydroxylation is 1. The highest BCUT2D eigenvalue weighted by Crippen LogP contribution is 2.50. The van der Waals surface area contributed by atoms with Crippen molar-refractivity contribution in [2.75, 3.05) is 26.6 Å². The van der Waals surface area contributed by atoms with Gasteiger partial charge in [-0.25, -0.2) is 19.9 Å². The molecule has 39 heavy (non-hydrogen) atoms. The number of hydrogen-bond donors (Lipinski definition) is 0. The Hall–Kier alpha value is -3.14. The van der Waals surface area contributed by atoms with E-state index in [4.69, 9.17) is 14.0 Å². The van der Waals surface area contributed by atoms with Crippen molar-refractivity contribution in [1.29, 1.82) is 0 Å². The molecule has 0 radical (unpaired) electrons. The molecule has 2 aromatic heterocycles. The fraction of sp³-hybridized carbons (Fsp3) is 0.519. The zero-order valence-corrected chi connectivity index (χ0v) is 24.7. The van der Waals surface area contributed by atoms with E-state index in [1.54, 1.807) is 33.4 Å². The molecule has 0 amide bonds. The predicted molar refractivity (Wildman–Crippen MR) is 151 cm³/mol. The summed E-state index contributed by atoms with van der Waals surface area (Å²) in [7, 11) is 0.370. The summed E-state index contributed by atoms with van der Waals surface area (Å²) in [5, 5.41) is 0. The van der Waals surface area contributed by atoms with Crippen LogP contribution in [0.1, 0.15) is 38.8 Å². The Morgan fingerprint density at radius 1 is 1.15 bits per heavy atom. The van der Waals surface area contributed by atoms with Crippen LogP contribution in [0.2, 0.25) is 0 Å². The second kappa shape index (κ2) is 13.8. The van der Waals surface area contributed by atoms with E-state index in [9.17, 15) is 9.36 Å². The van der Waals surface area contributed by atoms with Crippen molar-refractivity contribution in [3.63, 3.8) is 0 Å². The first kappa shape index (κ1) is 30.4. The molecule has 1 unspecified atom stereocenters. The molecule has 0 aliphatic heterocycles. The molecule has 212 valence electrons. The third kappa shape index (κ3) is 8.95. The van der Waals surface area contributed by atoms with Gasteiger partial charge in [0.25, 0.3) is 0 Å². The van der Waals surface area contributed by atoms with Crippen LogP contribution < -0.4 is 0 Å². The predicted octanol–water partition coefficient (Wildman–Crippen LogP) is 4.80. The normalized spacial score (nSPS) is 15.0. The number of benzene rings is 1. The van der Waals surface area contributed by atoms with E-state index in [2.05, 4.69) is 19.9 Å². The van der Waals surface area contributed by atoms with E-state index >= 15 is 0 Å². The summed E-state index contributed by atoms with van der Waals surface area (Å²) >= 11 is 0. The van der Waals surface area contributed by atoms with Gasteiger partial charge in [0.15, 0.2) is 17.0 Å². The highest BCUT2D eigenvalue weighted by Gasteiger charge is 2.32. The lowest BCUT2D eigenvalue weighted by atomic mass is 10.1. The molecule has 0 N–H and O–H groups in total. The molecule has 0 aliphatic carbocycles. The van der Waals surface area contributed by atoms with Crippen LogP contribution >= 0.6 is 7.37 Å². The largest absolute Gasteiger partial charge is 0.463 e. The summed E-state index contributed by atoms with van der Waals surface area (Å²) < 4.78 is 33.2. The van der Waals surface area contributed by atoms with E-state index in [1.165, 1.54) is 6.33 Å². The zero-order valence-electron chi connectivity index (χ0n) is 23.8. The number of carbonyl (C=O) groups is 1. The highest BCUT2D eigenvalue weighted by molar-refractivity contribution is 7.58. The monoisotopic (exact) mass is 558 g/mol. The molecule has 12 heteroatoms. The first-order chi connectivity index (χ1) is 18.5. The van der Waals surface area contributed by atoms with Gasteiger partial charge in [0.1, 0.15) is 12.7 Å². The van der Waals surface area contributed by atoms with Gasteiger partial charge < -0.3 is 23.5 Å². The first-order valence-electron chi connectivity index (χ1n) is 12.9. The average molecular weight is 559 g/mol. The molecule has 0 saturated carbocycles. The maximum absolute atomic E-state index is 14.0. The Kier molecular flexibility index (Phi) is 10.7. The van der Waals surface area contributed by atoms with Crippen LogP contribution in [0.15, 0.2) is 41.9 Å². The van der Waals surface area contributed by atoms with Gasteiger partial charge in [-0.05, 0) is 38.8 Å². The smallest absolute Gasteiger partial charge is 0.309 e. The van der Waals surface area contributed by atoms with E-state index < -0.39 is 19.3 Å². The van der Waals surface area contributed by atoms with Crippen LogP contribution in [-0.2, 0) is 36.5 Å². The summed E-state index contributed by atoms with van der Waals surface area (Å²) in [6.45, 7) is 9.69. The minimum atomic E-state index is -3.37. The lowest BCUT2D eigenvalue weighted by Crippen LogP contribution is -2.24. The molecule has 0 fully saturated rings. The summed E-state index contributed by atoms with van der Waals surface area (Å²) in [6.07, 6.45) is 4.03. The van der Waals surface area contributed by atoms with Crippen LogP contribution in [0.3, 0.4) is 0 Å². The van der Waals surface area contributed by atoms with Crippen molar-refractivity contribution in [2.24, 2.45) is 10.9 Å². The standard InChI is InChI=1S/C27H39N6O5P/c1-19(2)38-27(34)21(4)14-39(35,37-13-23-11-9-8-10-20(23)3)18-36-22(5)12-33-17-30-24-25(31-16-32(6)7)28-15-29-26(24)33/h8-11,15-17,19,21-22H,12-14,18H2,1-7H3/t21-,22-,39?/m1/s1. The van der Waals surface area contributed by atoms with Gasteiger partial charge in [0.05, 0.1) is 43.9 Å². The van der Waals surface area contributed by atoms with Gasteiger partial charge in [0.2, 0.25) is 7.37 Å². The number of fused-ring (bicyclic) bond motifs is 1. The summed E-state index contributed by atoms with van der Waals surface area (Å²) in [6, 6.07) is 7.76. The summed E-state index contributed by atoms with van der Waals surface area (Å²) in [5.74, 6) is -0.545. The van der Waals surface area contributed by atoms with E-state index in [1.807, 2.05) is 61.7 Å². The number of hydrogen-bond acceptors (Lipinski definition) is 9. The molecule has 0 saturated heterocycles. The SMILES string of the molecule is Cc1ccccc1COP(=O)(CO[C@H](C)Cn1cnc2c(N=CN(C)C)ncnc21)C[C@@H](C)C(=O)OC(C)C. The molecule has 0 spiro atoms. The van der Waals surface area contributed by atoms with Crippen molar-refractivity contribution in [3.8, 4) is 0 Å². The molecule has 0 aliphatic rings. The Bertz CT molecular complexity index is 1320. The lowest BCUT2D eigenvalue weighted by molar-refractivity contribution is -0.151. The van der Waals surface area contributed by atoms with E-state index in [0.717, 1.165) is 11.1 Å². The zero-order chi connectivity index (χ0) is 28.6. The van der Waals surface area contributed by atoms with Crippen LogP contribution in [0.25, 0.3) is 11.2 Å². The lowest BCUT2D eigenvalue weighted by Gasteiger charge is -2.24. The number of ether oxygens (including phenoxy) is 2. The van der Waals surface area contributed by atoms with Crippen molar-refractivity contribution in [1.82, 2.24) is 24.4 Å². The van der Waals surface area contributed by atoms with Crippen molar-refractivity contribution in [3.05, 3.63) is 48.0 Å². The molecule has 3 aromatic rings. The number of nitrogens with zero attached hydrogens (tertiary/aromatic N) is 6. The molecule has 2 heterocycles. The quantitative estimate of drug-likeness (QED) is 0.119. The van der Waals surface area contributed by atoms with Crippen LogP contribution in [0, 0.1) is 12.8 Å². The number of aromatic nitrogens is 4. The Balaban J connectivity index is 1.71. The van der Waals surface area contributed by atoms with E-state index in [-0.39, 0.29) is 31.3 Å². The molecular weight excluding hydrogens is 519 g/mol. The summed E-state index contributed by atoms with van der Waals surface area (Å²) in [5.41, 5.74) is 3.16. The first-order valence-corrected chi connectivity index (χ1v) is 14.9. The fourth-order valence-electron chi connectivity index (χ4n) is 3.78. The van der Waals surface area contributed by atoms with Gasteiger partial charge in [-0.3, -0.25) is 9.36 Å². The molecule has 0 bridgehead atoms. The number of rotatable bonds is 14. The molecule has 11 nitrogen and oxygen atoms in total. The number of imidazole rings is 1. The van der Waals surface area contributed by atoms with Crippen molar-refractivity contribution >= 4 is 36.7 Å². The minimum Gasteiger partial charge on any atom is -0.463 e. The van der Waals surface area contributed by atoms with Crippen LogP contribution in [-0.4, -0.2) is 75.5 Å². The second-order valence-electron chi connectivity index (χ2n) is 10.2. The Morgan fingerprint density at radius 2 is 1.90 bits per heavy atom. The number of aliphatic imine (C=N–C) groups is 1. The van der Waals surface area contributed by atoms with Gasteiger partial charge >= 0.3 is 5.97 Å². The van der Waals surface area contributed by atoms with Crippen LogP contribution in [0.5, 0.6) is 0 Å². The maximum atomic E-state index is 14.0. The van der Waals surface area contributed by atoms with Gasteiger partial charge in [-0.1, -0.05) is 31.2 Å². The third-order valence-electron chi connectivity index (χ3n) is 5.83. The highest BCUT2D eigenvalue weighted by atomic mass is 31.2. The maximum Gasteiger partial charge on any atom is 0.309 e. The Morgan fingerprint density at radius 3 is 2.59 bits per heavy atom. The van der Waals surface area contributed by atoms with Crippen molar-refractivity contribution in [2.45, 2.75) is 60.0 Å². The number of carbonyl (C=O) groups excluding carboxylic acids is 1. The fourth-order valence-corrected chi connectivity index (χ4v) is 5.90. The van der Waals surface area contributed by atoms with Crippen LogP contribution in [0.4, 0.5) is 5.82 Å². The Labute approximate surface area is 230 Å². The van der Waals surface area contributed by atoms with E-state index in [0.29, 0.717) is 23.5 Å². The van der Waals surface area contributed by atoms with Gasteiger partial charge in [-0.2, -0.15) is 0 Å². The average Bonchev–Trinajstić information content (AvgIpc) is 3.28. The van der Waals surface area contributed by atoms with Gasteiger partial charge in [0, 0.05) is 20.3 Å². The molecule has 3 atom stereocenters. The molecule has 3 rings (SSSR count). The minimum absolute atomic E-state index is 0.0195.